The first kappa shape index (κ1) is 15.2. The van der Waals surface area contributed by atoms with Crippen molar-refractivity contribution in [3.8, 4) is 5.69 Å². The average Bonchev–Trinajstić information content (AvgIpc) is 2.84. The van der Waals surface area contributed by atoms with Crippen LogP contribution in [0.1, 0.15) is 17.0 Å². The molecule has 0 saturated heterocycles. The molecule has 118 valence electrons. The molecule has 0 atom stereocenters. The van der Waals surface area contributed by atoms with Crippen molar-refractivity contribution in [2.75, 3.05) is 5.32 Å². The first-order chi connectivity index (χ1) is 11.1. The van der Waals surface area contributed by atoms with Crippen LogP contribution >= 0.6 is 0 Å². The number of hydrogen-bond donors (Lipinski definition) is 1. The maximum Gasteiger partial charge on any atom is 0.146 e. The third-order valence-corrected chi connectivity index (χ3v) is 3.83. The molecule has 2 aromatic carbocycles. The van der Waals surface area contributed by atoms with E-state index in [4.69, 9.17) is 0 Å². The maximum absolute atomic E-state index is 13.7. The standard InChI is InChI=1S/C18H17F2N3/c1-12-16(11-21-18-10-14(19)8-9-17(18)20)13(2)23(22-12)15-6-4-3-5-7-15/h3-10,21H,11H2,1-2H3. The van der Waals surface area contributed by atoms with Gasteiger partial charge in [0.2, 0.25) is 0 Å². The van der Waals surface area contributed by atoms with E-state index in [2.05, 4.69) is 10.4 Å². The Balaban J connectivity index is 1.87. The molecule has 0 radical (unpaired) electrons. The van der Waals surface area contributed by atoms with E-state index < -0.39 is 11.6 Å². The Morgan fingerprint density at radius 2 is 1.78 bits per heavy atom. The molecule has 0 aliphatic carbocycles. The Morgan fingerprint density at radius 1 is 1.04 bits per heavy atom. The number of benzene rings is 2. The van der Waals surface area contributed by atoms with Gasteiger partial charge in [0.15, 0.2) is 0 Å². The van der Waals surface area contributed by atoms with E-state index in [1.54, 1.807) is 0 Å². The first-order valence-electron chi connectivity index (χ1n) is 7.35. The maximum atomic E-state index is 13.7. The van der Waals surface area contributed by atoms with E-state index in [0.717, 1.165) is 40.8 Å². The number of nitrogens with one attached hydrogen (secondary N) is 1. The zero-order valence-electron chi connectivity index (χ0n) is 13.0. The van der Waals surface area contributed by atoms with Crippen molar-refractivity contribution in [1.29, 1.82) is 0 Å². The second-order valence-electron chi connectivity index (χ2n) is 5.37. The van der Waals surface area contributed by atoms with E-state index in [0.29, 0.717) is 6.54 Å². The molecule has 0 amide bonds. The third kappa shape index (κ3) is 3.08. The lowest BCUT2D eigenvalue weighted by Gasteiger charge is -2.09. The Morgan fingerprint density at radius 3 is 2.52 bits per heavy atom. The minimum atomic E-state index is -0.475. The van der Waals surface area contributed by atoms with Crippen molar-refractivity contribution in [3.63, 3.8) is 0 Å². The van der Waals surface area contributed by atoms with E-state index in [-0.39, 0.29) is 5.69 Å². The smallest absolute Gasteiger partial charge is 0.146 e. The summed E-state index contributed by atoms with van der Waals surface area (Å²) in [4.78, 5) is 0. The van der Waals surface area contributed by atoms with Gasteiger partial charge in [-0.15, -0.1) is 0 Å². The van der Waals surface area contributed by atoms with Crippen LogP contribution in [0.25, 0.3) is 5.69 Å². The normalized spacial score (nSPS) is 10.8. The molecule has 0 aliphatic heterocycles. The number of rotatable bonds is 4. The largest absolute Gasteiger partial charge is 0.378 e. The average molecular weight is 313 g/mol. The Kier molecular flexibility index (Phi) is 4.10. The fourth-order valence-corrected chi connectivity index (χ4v) is 2.57. The van der Waals surface area contributed by atoms with Gasteiger partial charge in [0, 0.05) is 17.8 Å². The predicted octanol–water partition coefficient (Wildman–Crippen LogP) is 4.38. The Hall–Kier alpha value is -2.69. The van der Waals surface area contributed by atoms with Gasteiger partial charge < -0.3 is 5.32 Å². The predicted molar refractivity (Wildman–Crippen MR) is 86.7 cm³/mol. The van der Waals surface area contributed by atoms with Gasteiger partial charge in [0.25, 0.3) is 0 Å². The lowest BCUT2D eigenvalue weighted by Crippen LogP contribution is -2.04. The second kappa shape index (κ2) is 6.20. The van der Waals surface area contributed by atoms with Crippen molar-refractivity contribution in [2.24, 2.45) is 0 Å². The van der Waals surface area contributed by atoms with E-state index in [1.807, 2.05) is 48.9 Å². The summed E-state index contributed by atoms with van der Waals surface area (Å²) in [6.45, 7) is 4.25. The van der Waals surface area contributed by atoms with Crippen molar-refractivity contribution in [1.82, 2.24) is 9.78 Å². The molecule has 23 heavy (non-hydrogen) atoms. The molecule has 1 heterocycles. The minimum Gasteiger partial charge on any atom is -0.378 e. The van der Waals surface area contributed by atoms with Crippen LogP contribution in [-0.4, -0.2) is 9.78 Å². The Bertz CT molecular complexity index is 826. The van der Waals surface area contributed by atoms with Crippen LogP contribution in [0.5, 0.6) is 0 Å². The van der Waals surface area contributed by atoms with Gasteiger partial charge in [-0.05, 0) is 44.2 Å². The number of hydrogen-bond acceptors (Lipinski definition) is 2. The van der Waals surface area contributed by atoms with E-state index in [9.17, 15) is 8.78 Å². The lowest BCUT2D eigenvalue weighted by atomic mass is 10.2. The van der Waals surface area contributed by atoms with Crippen LogP contribution in [0.3, 0.4) is 0 Å². The molecule has 5 heteroatoms. The van der Waals surface area contributed by atoms with Crippen LogP contribution < -0.4 is 5.32 Å². The number of aromatic nitrogens is 2. The van der Waals surface area contributed by atoms with E-state index in [1.165, 1.54) is 0 Å². The summed E-state index contributed by atoms with van der Waals surface area (Å²) in [5, 5.41) is 7.49. The molecular weight excluding hydrogens is 296 g/mol. The fourth-order valence-electron chi connectivity index (χ4n) is 2.57. The molecule has 1 aromatic heterocycles. The third-order valence-electron chi connectivity index (χ3n) is 3.83. The first-order valence-corrected chi connectivity index (χ1v) is 7.35. The lowest BCUT2D eigenvalue weighted by molar-refractivity contribution is 0.602. The quantitative estimate of drug-likeness (QED) is 0.774. The van der Waals surface area contributed by atoms with Crippen LogP contribution in [0.15, 0.2) is 48.5 Å². The topological polar surface area (TPSA) is 29.9 Å². The summed E-state index contributed by atoms with van der Waals surface area (Å²) in [6.07, 6.45) is 0. The van der Waals surface area contributed by atoms with Crippen molar-refractivity contribution in [3.05, 3.63) is 77.1 Å². The monoisotopic (exact) mass is 313 g/mol. The highest BCUT2D eigenvalue weighted by Gasteiger charge is 2.13. The fraction of sp³-hybridized carbons (Fsp3) is 0.167. The SMILES string of the molecule is Cc1nn(-c2ccccc2)c(C)c1CNc1cc(F)ccc1F. The zero-order valence-corrected chi connectivity index (χ0v) is 13.0. The van der Waals surface area contributed by atoms with Gasteiger partial charge in [0.1, 0.15) is 11.6 Å². The van der Waals surface area contributed by atoms with Gasteiger partial charge in [-0.2, -0.15) is 5.10 Å². The molecule has 0 aliphatic rings. The summed E-state index contributed by atoms with van der Waals surface area (Å²) in [5.41, 5.74) is 3.92. The summed E-state index contributed by atoms with van der Waals surface area (Å²) in [5.74, 6) is -0.945. The molecule has 0 bridgehead atoms. The molecular formula is C18H17F2N3. The van der Waals surface area contributed by atoms with Crippen LogP contribution in [0.2, 0.25) is 0 Å². The molecule has 1 N–H and O–H groups in total. The van der Waals surface area contributed by atoms with Gasteiger partial charge >= 0.3 is 0 Å². The highest BCUT2D eigenvalue weighted by atomic mass is 19.1. The summed E-state index contributed by atoms with van der Waals surface area (Å²) >= 11 is 0. The molecule has 3 nitrogen and oxygen atoms in total. The zero-order chi connectivity index (χ0) is 16.4. The number of aryl methyl sites for hydroxylation is 1. The van der Waals surface area contributed by atoms with Crippen LogP contribution in [-0.2, 0) is 6.54 Å². The van der Waals surface area contributed by atoms with Crippen molar-refractivity contribution >= 4 is 5.69 Å². The summed E-state index contributed by atoms with van der Waals surface area (Å²) in [6, 6.07) is 13.2. The van der Waals surface area contributed by atoms with Gasteiger partial charge in [-0.3, -0.25) is 0 Å². The minimum absolute atomic E-state index is 0.149. The number of nitrogens with zero attached hydrogens (tertiary/aromatic N) is 2. The molecule has 3 aromatic rings. The van der Waals surface area contributed by atoms with Gasteiger partial charge in [0.05, 0.1) is 17.1 Å². The van der Waals surface area contributed by atoms with Crippen molar-refractivity contribution in [2.45, 2.75) is 20.4 Å². The van der Waals surface area contributed by atoms with Crippen LogP contribution in [0, 0.1) is 25.5 Å². The highest BCUT2D eigenvalue weighted by molar-refractivity contribution is 5.46. The molecule has 0 saturated carbocycles. The Labute approximate surface area is 133 Å². The van der Waals surface area contributed by atoms with Gasteiger partial charge in [-0.1, -0.05) is 18.2 Å². The summed E-state index contributed by atoms with van der Waals surface area (Å²) in [7, 11) is 0. The van der Waals surface area contributed by atoms with E-state index >= 15 is 0 Å². The van der Waals surface area contributed by atoms with Crippen molar-refractivity contribution < 1.29 is 8.78 Å². The van der Waals surface area contributed by atoms with Crippen LogP contribution in [0.4, 0.5) is 14.5 Å². The molecule has 3 rings (SSSR count). The summed E-state index contributed by atoms with van der Waals surface area (Å²) < 4.78 is 28.8. The molecule has 0 unspecified atom stereocenters. The molecule has 0 spiro atoms. The highest BCUT2D eigenvalue weighted by Crippen LogP contribution is 2.21. The molecule has 0 fully saturated rings. The second-order valence-corrected chi connectivity index (χ2v) is 5.37. The number of halogens is 2. The number of anilines is 1. The van der Waals surface area contributed by atoms with Gasteiger partial charge in [-0.25, -0.2) is 13.5 Å². The number of para-hydroxylation sites is 1.